The highest BCUT2D eigenvalue weighted by Gasteiger charge is 2.14. The van der Waals surface area contributed by atoms with Crippen LogP contribution in [-0.4, -0.2) is 8.42 Å². The van der Waals surface area contributed by atoms with E-state index < -0.39 is 26.4 Å². The number of aryl methyl sites for hydroxylation is 1. The summed E-state index contributed by atoms with van der Waals surface area (Å²) < 4.78 is 47.7. The van der Waals surface area contributed by atoms with Gasteiger partial charge in [-0.1, -0.05) is 6.92 Å². The second-order valence-electron chi connectivity index (χ2n) is 3.07. The molecule has 0 aliphatic heterocycles. The Morgan fingerprint density at radius 1 is 1.20 bits per heavy atom. The summed E-state index contributed by atoms with van der Waals surface area (Å²) in [6.07, 6.45) is 0.363. The Morgan fingerprint density at radius 3 is 2.20 bits per heavy atom. The molecule has 6 heteroatoms. The fourth-order valence-corrected chi connectivity index (χ4v) is 2.16. The van der Waals surface area contributed by atoms with E-state index in [1.54, 1.807) is 6.92 Å². The van der Waals surface area contributed by atoms with Gasteiger partial charge in [0, 0.05) is 22.3 Å². The summed E-state index contributed by atoms with van der Waals surface area (Å²) in [6, 6.07) is 1.86. The highest BCUT2D eigenvalue weighted by atomic mass is 35.7. The monoisotopic (exact) mass is 254 g/mol. The van der Waals surface area contributed by atoms with Gasteiger partial charge in [-0.25, -0.2) is 17.2 Å². The average Bonchev–Trinajstić information content (AvgIpc) is 2.07. The highest BCUT2D eigenvalue weighted by Crippen LogP contribution is 2.19. The Bertz CT molecular complexity index is 471. The zero-order valence-electron chi connectivity index (χ0n) is 7.93. The lowest BCUT2D eigenvalue weighted by molar-refractivity contribution is 0.564. The quantitative estimate of drug-likeness (QED) is 0.777. The van der Waals surface area contributed by atoms with Crippen LogP contribution < -0.4 is 0 Å². The second-order valence-corrected chi connectivity index (χ2v) is 5.85. The first kappa shape index (κ1) is 12.4. The number of halogens is 3. The maximum atomic E-state index is 13.1. The third-order valence-electron chi connectivity index (χ3n) is 1.92. The second kappa shape index (κ2) is 4.45. The Balaban J connectivity index is 3.19. The van der Waals surface area contributed by atoms with Crippen molar-refractivity contribution < 1.29 is 17.2 Å². The van der Waals surface area contributed by atoms with Gasteiger partial charge in [-0.3, -0.25) is 0 Å². The summed E-state index contributed by atoms with van der Waals surface area (Å²) >= 11 is 0. The van der Waals surface area contributed by atoms with Gasteiger partial charge in [0.25, 0.3) is 0 Å². The van der Waals surface area contributed by atoms with E-state index >= 15 is 0 Å². The molecule has 0 amide bonds. The first-order chi connectivity index (χ1) is 6.83. The molecule has 0 bridgehead atoms. The normalized spacial score (nSPS) is 11.7. The van der Waals surface area contributed by atoms with E-state index in [4.69, 9.17) is 10.7 Å². The van der Waals surface area contributed by atoms with Crippen LogP contribution in [0.3, 0.4) is 0 Å². The van der Waals surface area contributed by atoms with Crippen LogP contribution >= 0.6 is 10.7 Å². The van der Waals surface area contributed by atoms with Gasteiger partial charge in [0.2, 0.25) is 9.05 Å². The van der Waals surface area contributed by atoms with Crippen molar-refractivity contribution in [1.29, 1.82) is 0 Å². The standard InChI is InChI=1S/C9H9ClF2O2S/c1-2-6-3-7(5-15(10,13)14)9(12)4-8(6)11/h3-4H,2,5H2,1H3. The molecule has 15 heavy (non-hydrogen) atoms. The zero-order valence-corrected chi connectivity index (χ0v) is 9.50. The largest absolute Gasteiger partial charge is 0.236 e. The van der Waals surface area contributed by atoms with E-state index in [0.29, 0.717) is 12.5 Å². The molecule has 0 saturated heterocycles. The molecule has 1 aromatic rings. The van der Waals surface area contributed by atoms with Crippen molar-refractivity contribution in [2.75, 3.05) is 0 Å². The summed E-state index contributed by atoms with van der Waals surface area (Å²) in [5, 5.41) is 0. The smallest absolute Gasteiger partial charge is 0.212 e. The summed E-state index contributed by atoms with van der Waals surface area (Å²) in [5.74, 6) is -2.20. The molecule has 0 aromatic heterocycles. The number of hydrogen-bond acceptors (Lipinski definition) is 2. The minimum absolute atomic E-state index is 0.108. The third-order valence-corrected chi connectivity index (χ3v) is 2.91. The third kappa shape index (κ3) is 3.43. The molecule has 2 nitrogen and oxygen atoms in total. The maximum absolute atomic E-state index is 13.1. The van der Waals surface area contributed by atoms with Crippen molar-refractivity contribution in [1.82, 2.24) is 0 Å². The Morgan fingerprint density at radius 2 is 1.73 bits per heavy atom. The topological polar surface area (TPSA) is 34.1 Å². The zero-order chi connectivity index (χ0) is 11.6. The fraction of sp³-hybridized carbons (Fsp3) is 0.333. The highest BCUT2D eigenvalue weighted by molar-refractivity contribution is 8.13. The molecule has 0 aliphatic rings. The average molecular weight is 255 g/mol. The van der Waals surface area contributed by atoms with Gasteiger partial charge in [0.15, 0.2) is 0 Å². The van der Waals surface area contributed by atoms with E-state index in [1.165, 1.54) is 6.07 Å². The van der Waals surface area contributed by atoms with Gasteiger partial charge in [-0.05, 0) is 18.1 Å². The van der Waals surface area contributed by atoms with Gasteiger partial charge in [-0.15, -0.1) is 0 Å². The molecule has 0 N–H and O–H groups in total. The van der Waals surface area contributed by atoms with Crippen LogP contribution in [0, 0.1) is 11.6 Å². The van der Waals surface area contributed by atoms with Crippen LogP contribution in [0.25, 0.3) is 0 Å². The predicted molar refractivity (Wildman–Crippen MR) is 54.2 cm³/mol. The van der Waals surface area contributed by atoms with Crippen molar-refractivity contribution in [3.8, 4) is 0 Å². The molecule has 1 aromatic carbocycles. The van der Waals surface area contributed by atoms with Crippen LogP contribution in [0.5, 0.6) is 0 Å². The minimum Gasteiger partial charge on any atom is -0.212 e. The van der Waals surface area contributed by atoms with Gasteiger partial charge in [-0.2, -0.15) is 0 Å². The van der Waals surface area contributed by atoms with Gasteiger partial charge in [0.1, 0.15) is 11.6 Å². The lowest BCUT2D eigenvalue weighted by atomic mass is 10.1. The van der Waals surface area contributed by atoms with Gasteiger partial charge in [0.05, 0.1) is 5.75 Å². The molecule has 0 fully saturated rings. The summed E-state index contributed by atoms with van der Waals surface area (Å²) in [7, 11) is 1.16. The lowest BCUT2D eigenvalue weighted by Gasteiger charge is -2.05. The van der Waals surface area contributed by atoms with Gasteiger partial charge >= 0.3 is 0 Å². The van der Waals surface area contributed by atoms with Crippen molar-refractivity contribution in [2.45, 2.75) is 19.1 Å². The molecule has 0 radical (unpaired) electrons. The van der Waals surface area contributed by atoms with Crippen molar-refractivity contribution in [3.05, 3.63) is 34.9 Å². The molecule has 0 atom stereocenters. The van der Waals surface area contributed by atoms with E-state index in [-0.39, 0.29) is 11.1 Å². The van der Waals surface area contributed by atoms with Crippen LogP contribution in [0.1, 0.15) is 18.1 Å². The fourth-order valence-electron chi connectivity index (χ4n) is 1.21. The first-order valence-electron chi connectivity index (χ1n) is 4.22. The van der Waals surface area contributed by atoms with Crippen LogP contribution in [0.4, 0.5) is 8.78 Å². The van der Waals surface area contributed by atoms with Crippen LogP contribution in [0.2, 0.25) is 0 Å². The number of rotatable bonds is 3. The Labute approximate surface area is 91.3 Å². The molecule has 1 rings (SSSR count). The molecular weight excluding hydrogens is 246 g/mol. The Hall–Kier alpha value is -0.680. The van der Waals surface area contributed by atoms with Crippen LogP contribution in [-0.2, 0) is 21.2 Å². The molecule has 0 spiro atoms. The maximum Gasteiger partial charge on any atom is 0.236 e. The van der Waals surface area contributed by atoms with E-state index in [9.17, 15) is 17.2 Å². The van der Waals surface area contributed by atoms with Crippen molar-refractivity contribution >= 4 is 19.7 Å². The summed E-state index contributed by atoms with van der Waals surface area (Å²) in [6.45, 7) is 1.69. The number of hydrogen-bond donors (Lipinski definition) is 0. The van der Waals surface area contributed by atoms with Crippen molar-refractivity contribution in [2.24, 2.45) is 0 Å². The molecule has 0 saturated carbocycles. The molecule has 0 aliphatic carbocycles. The molecular formula is C9H9ClF2O2S. The number of benzene rings is 1. The van der Waals surface area contributed by atoms with E-state index in [2.05, 4.69) is 0 Å². The van der Waals surface area contributed by atoms with Crippen LogP contribution in [0.15, 0.2) is 12.1 Å². The van der Waals surface area contributed by atoms with Crippen molar-refractivity contribution in [3.63, 3.8) is 0 Å². The SMILES string of the molecule is CCc1cc(CS(=O)(=O)Cl)c(F)cc1F. The Kier molecular flexibility index (Phi) is 3.67. The molecule has 84 valence electrons. The summed E-state index contributed by atoms with van der Waals surface area (Å²) in [4.78, 5) is 0. The van der Waals surface area contributed by atoms with Gasteiger partial charge < -0.3 is 0 Å². The van der Waals surface area contributed by atoms with E-state index in [0.717, 1.165) is 0 Å². The first-order valence-corrected chi connectivity index (χ1v) is 6.70. The molecule has 0 unspecified atom stereocenters. The molecule has 0 heterocycles. The minimum atomic E-state index is -3.83. The predicted octanol–water partition coefficient (Wildman–Crippen LogP) is 2.60. The lowest BCUT2D eigenvalue weighted by Crippen LogP contribution is -2.01. The summed E-state index contributed by atoms with van der Waals surface area (Å²) in [5.41, 5.74) is 0.162. The van der Waals surface area contributed by atoms with E-state index in [1.807, 2.05) is 0 Å².